The Hall–Kier alpha value is -1.16. The highest BCUT2D eigenvalue weighted by Gasteiger charge is 2.17. The van der Waals surface area contributed by atoms with E-state index in [1.165, 1.54) is 5.75 Å². The van der Waals surface area contributed by atoms with Gasteiger partial charge in [0.1, 0.15) is 0 Å². The smallest absolute Gasteiger partial charge is 0.336 e. The van der Waals surface area contributed by atoms with Crippen LogP contribution in [0, 0.1) is 6.92 Å². The molecule has 1 saturated heterocycles. The Morgan fingerprint density at radius 3 is 3.00 bits per heavy atom. The van der Waals surface area contributed by atoms with Crippen molar-refractivity contribution in [3.05, 3.63) is 29.3 Å². The second kappa shape index (κ2) is 4.78. The Kier molecular flexibility index (Phi) is 3.39. The maximum absolute atomic E-state index is 11.0. The van der Waals surface area contributed by atoms with Crippen molar-refractivity contribution in [2.45, 2.75) is 19.4 Å². The monoisotopic (exact) mass is 237 g/mol. The van der Waals surface area contributed by atoms with Crippen LogP contribution in [0.15, 0.2) is 18.2 Å². The number of anilines is 1. The molecule has 0 aromatic heterocycles. The first-order chi connectivity index (χ1) is 7.68. The van der Waals surface area contributed by atoms with Crippen molar-refractivity contribution in [2.24, 2.45) is 0 Å². The van der Waals surface area contributed by atoms with Gasteiger partial charge < -0.3 is 10.4 Å². The summed E-state index contributed by atoms with van der Waals surface area (Å²) in [7, 11) is 0. The lowest BCUT2D eigenvalue weighted by molar-refractivity contribution is 0.0696. The summed E-state index contributed by atoms with van der Waals surface area (Å²) in [6.07, 6.45) is 1.15. The van der Waals surface area contributed by atoms with E-state index in [0.717, 1.165) is 23.4 Å². The highest BCUT2D eigenvalue weighted by Crippen LogP contribution is 2.24. The summed E-state index contributed by atoms with van der Waals surface area (Å²) in [5.74, 6) is 1.44. The molecule has 1 aromatic carbocycles. The molecule has 1 aliphatic heterocycles. The molecule has 0 bridgehead atoms. The van der Waals surface area contributed by atoms with E-state index >= 15 is 0 Å². The van der Waals surface area contributed by atoms with E-state index in [-0.39, 0.29) is 0 Å². The van der Waals surface area contributed by atoms with Crippen LogP contribution in [0.5, 0.6) is 0 Å². The van der Waals surface area contributed by atoms with Gasteiger partial charge in [-0.3, -0.25) is 0 Å². The zero-order valence-corrected chi connectivity index (χ0v) is 10.0. The first-order valence-corrected chi connectivity index (χ1v) is 6.51. The molecule has 0 saturated carbocycles. The molecule has 3 nitrogen and oxygen atoms in total. The summed E-state index contributed by atoms with van der Waals surface area (Å²) in [6.45, 7) is 1.86. The Morgan fingerprint density at radius 2 is 2.38 bits per heavy atom. The average molecular weight is 237 g/mol. The van der Waals surface area contributed by atoms with Gasteiger partial charge in [0, 0.05) is 17.5 Å². The number of carboxylic acid groups (broad SMARTS) is 1. The van der Waals surface area contributed by atoms with Crippen LogP contribution in [-0.4, -0.2) is 28.6 Å². The van der Waals surface area contributed by atoms with Crippen LogP contribution >= 0.6 is 11.8 Å². The number of carbonyl (C=O) groups is 1. The zero-order valence-electron chi connectivity index (χ0n) is 9.19. The summed E-state index contributed by atoms with van der Waals surface area (Å²) in [4.78, 5) is 11.0. The normalized spacial score (nSPS) is 19.7. The van der Waals surface area contributed by atoms with E-state index in [1.54, 1.807) is 12.1 Å². The van der Waals surface area contributed by atoms with Gasteiger partial charge >= 0.3 is 5.97 Å². The molecule has 1 heterocycles. The number of benzene rings is 1. The second-order valence-electron chi connectivity index (χ2n) is 3.99. The molecule has 2 N–H and O–H groups in total. The van der Waals surface area contributed by atoms with Crippen molar-refractivity contribution in [3.8, 4) is 0 Å². The Bertz CT molecular complexity index is 400. The van der Waals surface area contributed by atoms with Gasteiger partial charge in [-0.1, -0.05) is 6.07 Å². The number of nitrogens with one attached hydrogen (secondary N) is 1. The molecule has 0 aliphatic carbocycles. The average Bonchev–Trinajstić information content (AvgIpc) is 2.73. The van der Waals surface area contributed by atoms with Gasteiger partial charge in [0.25, 0.3) is 0 Å². The molecule has 1 atom stereocenters. The number of rotatable bonds is 3. The van der Waals surface area contributed by atoms with Crippen molar-refractivity contribution < 1.29 is 9.90 Å². The SMILES string of the molecule is Cc1c(NC2CCSC2)cccc1C(=O)O. The maximum Gasteiger partial charge on any atom is 0.336 e. The van der Waals surface area contributed by atoms with Crippen LogP contribution in [-0.2, 0) is 0 Å². The van der Waals surface area contributed by atoms with E-state index in [0.29, 0.717) is 11.6 Å². The summed E-state index contributed by atoms with van der Waals surface area (Å²) < 4.78 is 0. The van der Waals surface area contributed by atoms with Crippen LogP contribution in [0.2, 0.25) is 0 Å². The van der Waals surface area contributed by atoms with Gasteiger partial charge in [-0.25, -0.2) is 4.79 Å². The third kappa shape index (κ3) is 2.32. The minimum Gasteiger partial charge on any atom is -0.478 e. The fraction of sp³-hybridized carbons (Fsp3) is 0.417. The summed E-state index contributed by atoms with van der Waals surface area (Å²) in [5, 5.41) is 12.4. The second-order valence-corrected chi connectivity index (χ2v) is 5.14. The van der Waals surface area contributed by atoms with E-state index in [1.807, 2.05) is 24.8 Å². The zero-order chi connectivity index (χ0) is 11.5. The molecule has 0 amide bonds. The lowest BCUT2D eigenvalue weighted by Crippen LogP contribution is -2.19. The maximum atomic E-state index is 11.0. The molecule has 86 valence electrons. The van der Waals surface area contributed by atoms with E-state index < -0.39 is 5.97 Å². The van der Waals surface area contributed by atoms with Gasteiger partial charge in [0.05, 0.1) is 5.56 Å². The van der Waals surface area contributed by atoms with E-state index in [9.17, 15) is 4.79 Å². The van der Waals surface area contributed by atoms with E-state index in [4.69, 9.17) is 5.11 Å². The van der Waals surface area contributed by atoms with Crippen molar-refractivity contribution >= 4 is 23.4 Å². The van der Waals surface area contributed by atoms with Crippen molar-refractivity contribution in [3.63, 3.8) is 0 Å². The summed E-state index contributed by atoms with van der Waals surface area (Å²) in [6, 6.07) is 5.87. The summed E-state index contributed by atoms with van der Waals surface area (Å²) >= 11 is 1.94. The van der Waals surface area contributed by atoms with Crippen LogP contribution in [0.1, 0.15) is 22.3 Å². The topological polar surface area (TPSA) is 49.3 Å². The molecule has 1 aliphatic rings. The third-order valence-electron chi connectivity index (χ3n) is 2.85. The molecule has 1 fully saturated rings. The molecule has 2 rings (SSSR count). The van der Waals surface area contributed by atoms with Crippen LogP contribution in [0.3, 0.4) is 0 Å². The minimum atomic E-state index is -0.859. The largest absolute Gasteiger partial charge is 0.478 e. The standard InChI is InChI=1S/C12H15NO2S/c1-8-10(12(14)15)3-2-4-11(8)13-9-5-6-16-7-9/h2-4,9,13H,5-7H2,1H3,(H,14,15). The molecule has 1 aromatic rings. The lowest BCUT2D eigenvalue weighted by atomic mass is 10.1. The minimum absolute atomic E-state index is 0.385. The van der Waals surface area contributed by atoms with Gasteiger partial charge in [-0.2, -0.15) is 11.8 Å². The number of thioether (sulfide) groups is 1. The Labute approximate surface area is 99.2 Å². The van der Waals surface area contributed by atoms with Crippen LogP contribution < -0.4 is 5.32 Å². The molecule has 0 spiro atoms. The van der Waals surface area contributed by atoms with Gasteiger partial charge in [-0.15, -0.1) is 0 Å². The summed E-state index contributed by atoms with van der Waals surface area (Å²) in [5.41, 5.74) is 2.16. The van der Waals surface area contributed by atoms with Crippen LogP contribution in [0.4, 0.5) is 5.69 Å². The molecule has 0 radical (unpaired) electrons. The molecular formula is C12H15NO2S. The highest BCUT2D eigenvalue weighted by molar-refractivity contribution is 7.99. The first kappa shape index (κ1) is 11.3. The molecule has 1 unspecified atom stereocenters. The third-order valence-corrected chi connectivity index (χ3v) is 4.02. The Morgan fingerprint density at radius 1 is 1.56 bits per heavy atom. The molecule has 4 heteroatoms. The predicted molar refractivity (Wildman–Crippen MR) is 67.5 cm³/mol. The van der Waals surface area contributed by atoms with Crippen molar-refractivity contribution in [2.75, 3.05) is 16.8 Å². The quantitative estimate of drug-likeness (QED) is 0.848. The highest BCUT2D eigenvalue weighted by atomic mass is 32.2. The fourth-order valence-corrected chi connectivity index (χ4v) is 3.04. The number of hydrogen-bond donors (Lipinski definition) is 2. The lowest BCUT2D eigenvalue weighted by Gasteiger charge is -2.16. The van der Waals surface area contributed by atoms with Gasteiger partial charge in [-0.05, 0) is 36.8 Å². The Balaban J connectivity index is 2.20. The van der Waals surface area contributed by atoms with Gasteiger partial charge in [0.15, 0.2) is 0 Å². The number of hydrogen-bond acceptors (Lipinski definition) is 3. The van der Waals surface area contributed by atoms with E-state index in [2.05, 4.69) is 5.32 Å². The number of aromatic carboxylic acids is 1. The molecule has 16 heavy (non-hydrogen) atoms. The van der Waals surface area contributed by atoms with Gasteiger partial charge in [0.2, 0.25) is 0 Å². The van der Waals surface area contributed by atoms with Crippen LogP contribution in [0.25, 0.3) is 0 Å². The first-order valence-electron chi connectivity index (χ1n) is 5.35. The van der Waals surface area contributed by atoms with Crippen molar-refractivity contribution in [1.82, 2.24) is 0 Å². The predicted octanol–water partition coefficient (Wildman–Crippen LogP) is 2.61. The number of carboxylic acids is 1. The molecular weight excluding hydrogens is 222 g/mol. The fourth-order valence-electron chi connectivity index (χ4n) is 1.89. The van der Waals surface area contributed by atoms with Crippen molar-refractivity contribution in [1.29, 1.82) is 0 Å².